The number of benzene rings is 1. The number of rotatable bonds is 6. The second-order valence-corrected chi connectivity index (χ2v) is 7.68. The molecule has 6 nitrogen and oxygen atoms in total. The van der Waals surface area contributed by atoms with Gasteiger partial charge in [-0.2, -0.15) is 0 Å². The summed E-state index contributed by atoms with van der Waals surface area (Å²) in [6.07, 6.45) is 4.18. The van der Waals surface area contributed by atoms with Crippen LogP contribution in [0.15, 0.2) is 24.3 Å². The summed E-state index contributed by atoms with van der Waals surface area (Å²) in [6.45, 7) is 0.945. The van der Waals surface area contributed by atoms with Crippen LogP contribution in [0.1, 0.15) is 24.8 Å². The minimum Gasteiger partial charge on any atom is -0.496 e. The fourth-order valence-corrected chi connectivity index (χ4v) is 3.40. The molecule has 1 aromatic carbocycles. The number of nitrogens with one attached hydrogen (secondary N) is 1. The number of methoxy groups -OCH3 is 1. The topological polar surface area (TPSA) is 75.7 Å². The van der Waals surface area contributed by atoms with Gasteiger partial charge in [-0.1, -0.05) is 18.2 Å². The lowest BCUT2D eigenvalue weighted by Crippen LogP contribution is -2.49. The van der Waals surface area contributed by atoms with Gasteiger partial charge in [0.05, 0.1) is 19.8 Å². The first-order chi connectivity index (χ1) is 10.9. The number of nitrogens with zero attached hydrogens (tertiary/aromatic N) is 1. The number of piperidine rings is 1. The predicted molar refractivity (Wildman–Crippen MR) is 88.9 cm³/mol. The number of carbonyl (C=O) groups excluding carboxylic acids is 1. The van der Waals surface area contributed by atoms with Crippen LogP contribution in [-0.4, -0.2) is 51.7 Å². The lowest BCUT2D eigenvalue weighted by atomic mass is 10.0. The molecule has 1 amide bonds. The average molecular weight is 340 g/mol. The molecule has 0 saturated carbocycles. The first-order valence-electron chi connectivity index (χ1n) is 7.76. The van der Waals surface area contributed by atoms with Crippen molar-refractivity contribution in [2.75, 3.05) is 26.5 Å². The van der Waals surface area contributed by atoms with E-state index in [1.54, 1.807) is 12.0 Å². The highest BCUT2D eigenvalue weighted by Crippen LogP contribution is 2.22. The van der Waals surface area contributed by atoms with E-state index in [2.05, 4.69) is 4.72 Å². The maximum Gasteiger partial charge on any atom is 0.227 e. The number of hydrogen-bond acceptors (Lipinski definition) is 4. The molecule has 1 heterocycles. The Morgan fingerprint density at radius 1 is 1.35 bits per heavy atom. The van der Waals surface area contributed by atoms with Gasteiger partial charge in [0.15, 0.2) is 0 Å². The molecule has 1 fully saturated rings. The van der Waals surface area contributed by atoms with Gasteiger partial charge in [-0.3, -0.25) is 4.79 Å². The van der Waals surface area contributed by atoms with Crippen molar-refractivity contribution in [2.24, 2.45) is 0 Å². The van der Waals surface area contributed by atoms with Crippen molar-refractivity contribution in [1.29, 1.82) is 0 Å². The second kappa shape index (κ2) is 7.79. The Morgan fingerprint density at radius 2 is 2.09 bits per heavy atom. The maximum absolute atomic E-state index is 12.7. The molecule has 128 valence electrons. The lowest BCUT2D eigenvalue weighted by molar-refractivity contribution is -0.134. The highest BCUT2D eigenvalue weighted by atomic mass is 32.2. The summed E-state index contributed by atoms with van der Waals surface area (Å²) < 4.78 is 30.4. The number of likely N-dealkylation sites (tertiary alicyclic amines) is 1. The van der Waals surface area contributed by atoms with Crippen molar-refractivity contribution in [1.82, 2.24) is 9.62 Å². The summed E-state index contributed by atoms with van der Waals surface area (Å²) in [5.74, 6) is 0.707. The van der Waals surface area contributed by atoms with E-state index in [0.29, 0.717) is 12.3 Å². The molecule has 2 rings (SSSR count). The average Bonchev–Trinajstić information content (AvgIpc) is 2.53. The van der Waals surface area contributed by atoms with Crippen LogP contribution < -0.4 is 9.46 Å². The zero-order valence-corrected chi connectivity index (χ0v) is 14.4. The first-order valence-corrected chi connectivity index (χ1v) is 9.66. The Bertz CT molecular complexity index is 645. The number of para-hydroxylation sites is 1. The van der Waals surface area contributed by atoms with Crippen molar-refractivity contribution in [3.05, 3.63) is 29.8 Å². The van der Waals surface area contributed by atoms with E-state index in [1.807, 2.05) is 24.3 Å². The Kier molecular flexibility index (Phi) is 6.01. The molecule has 23 heavy (non-hydrogen) atoms. The highest BCUT2D eigenvalue weighted by molar-refractivity contribution is 7.88. The summed E-state index contributed by atoms with van der Waals surface area (Å²) in [5, 5.41) is 0. The molecule has 1 N–H and O–H groups in total. The van der Waals surface area contributed by atoms with E-state index in [1.165, 1.54) is 0 Å². The minimum atomic E-state index is -3.25. The summed E-state index contributed by atoms with van der Waals surface area (Å²) in [7, 11) is -1.66. The van der Waals surface area contributed by atoms with Crippen LogP contribution in [0.25, 0.3) is 0 Å². The smallest absolute Gasteiger partial charge is 0.227 e. The van der Waals surface area contributed by atoms with Gasteiger partial charge in [0.2, 0.25) is 15.9 Å². The van der Waals surface area contributed by atoms with E-state index in [-0.39, 0.29) is 24.9 Å². The van der Waals surface area contributed by atoms with Crippen molar-refractivity contribution in [3.63, 3.8) is 0 Å². The lowest BCUT2D eigenvalue weighted by Gasteiger charge is -2.36. The molecule has 0 aromatic heterocycles. The van der Waals surface area contributed by atoms with Crippen molar-refractivity contribution in [3.8, 4) is 5.75 Å². The highest BCUT2D eigenvalue weighted by Gasteiger charge is 2.27. The SMILES string of the molecule is COc1ccccc1CC(=O)N1CCCC[C@@H]1CNS(C)(=O)=O. The van der Waals surface area contributed by atoms with Gasteiger partial charge in [0, 0.05) is 24.7 Å². The van der Waals surface area contributed by atoms with E-state index >= 15 is 0 Å². The van der Waals surface area contributed by atoms with Gasteiger partial charge in [-0.05, 0) is 25.3 Å². The van der Waals surface area contributed by atoms with Crippen LogP contribution in [-0.2, 0) is 21.2 Å². The molecular formula is C16H24N2O4S. The molecule has 0 unspecified atom stereocenters. The molecule has 0 aliphatic carbocycles. The molecule has 1 aliphatic heterocycles. The van der Waals surface area contributed by atoms with Crippen molar-refractivity contribution >= 4 is 15.9 Å². The van der Waals surface area contributed by atoms with Crippen LogP contribution in [0.4, 0.5) is 0 Å². The third-order valence-corrected chi connectivity index (χ3v) is 4.75. The van der Waals surface area contributed by atoms with Crippen molar-refractivity contribution < 1.29 is 17.9 Å². The molecule has 1 aromatic rings. The van der Waals surface area contributed by atoms with Crippen LogP contribution in [0.2, 0.25) is 0 Å². The Hall–Kier alpha value is -1.60. The predicted octanol–water partition coefficient (Wildman–Crippen LogP) is 1.17. The van der Waals surface area contributed by atoms with Crippen LogP contribution in [0.3, 0.4) is 0 Å². The van der Waals surface area contributed by atoms with Crippen LogP contribution in [0, 0.1) is 0 Å². The molecule has 1 saturated heterocycles. The van der Waals surface area contributed by atoms with Gasteiger partial charge in [0.25, 0.3) is 0 Å². The van der Waals surface area contributed by atoms with Gasteiger partial charge in [-0.15, -0.1) is 0 Å². The summed E-state index contributed by atoms with van der Waals surface area (Å²) >= 11 is 0. The van der Waals surface area contributed by atoms with Gasteiger partial charge in [-0.25, -0.2) is 13.1 Å². The van der Waals surface area contributed by atoms with Crippen molar-refractivity contribution in [2.45, 2.75) is 31.7 Å². The molecule has 0 bridgehead atoms. The van der Waals surface area contributed by atoms with E-state index in [0.717, 1.165) is 31.1 Å². The molecule has 1 atom stereocenters. The zero-order chi connectivity index (χ0) is 16.9. The Balaban J connectivity index is 2.05. The number of amides is 1. The summed E-state index contributed by atoms with van der Waals surface area (Å²) in [4.78, 5) is 14.5. The molecular weight excluding hydrogens is 316 g/mol. The van der Waals surface area contributed by atoms with Gasteiger partial charge in [0.1, 0.15) is 5.75 Å². The van der Waals surface area contributed by atoms with E-state index in [4.69, 9.17) is 4.74 Å². The quantitative estimate of drug-likeness (QED) is 0.843. The maximum atomic E-state index is 12.7. The number of ether oxygens (including phenoxy) is 1. The van der Waals surface area contributed by atoms with Gasteiger partial charge >= 0.3 is 0 Å². The van der Waals surface area contributed by atoms with E-state index in [9.17, 15) is 13.2 Å². The molecule has 7 heteroatoms. The summed E-state index contributed by atoms with van der Waals surface area (Å²) in [6, 6.07) is 7.38. The third-order valence-electron chi connectivity index (χ3n) is 4.06. The monoisotopic (exact) mass is 340 g/mol. The number of hydrogen-bond donors (Lipinski definition) is 1. The first kappa shape index (κ1) is 17.7. The standard InChI is InChI=1S/C16H24N2O4S/c1-22-15-9-4-3-7-13(15)11-16(19)18-10-6-5-8-14(18)12-17-23(2,20)21/h3-4,7,9,14,17H,5-6,8,10-12H2,1-2H3/t14-/m1/s1. The Labute approximate surface area is 137 Å². The fourth-order valence-electron chi connectivity index (χ4n) is 2.90. The largest absolute Gasteiger partial charge is 0.496 e. The third kappa shape index (κ3) is 5.21. The zero-order valence-electron chi connectivity index (χ0n) is 13.6. The minimum absolute atomic E-state index is 0.00880. The van der Waals surface area contributed by atoms with Crippen LogP contribution >= 0.6 is 0 Å². The second-order valence-electron chi connectivity index (χ2n) is 5.85. The Morgan fingerprint density at radius 3 is 2.78 bits per heavy atom. The summed E-state index contributed by atoms with van der Waals surface area (Å²) in [5.41, 5.74) is 0.848. The molecule has 1 aliphatic rings. The fraction of sp³-hybridized carbons (Fsp3) is 0.562. The number of carbonyl (C=O) groups is 1. The van der Waals surface area contributed by atoms with Gasteiger partial charge < -0.3 is 9.64 Å². The van der Waals surface area contributed by atoms with Crippen LogP contribution in [0.5, 0.6) is 5.75 Å². The molecule has 0 spiro atoms. The normalized spacial score (nSPS) is 18.7. The molecule has 0 radical (unpaired) electrons. The van der Waals surface area contributed by atoms with E-state index < -0.39 is 10.0 Å². The number of sulfonamides is 1.